The van der Waals surface area contributed by atoms with Crippen molar-refractivity contribution in [2.45, 2.75) is 18.9 Å². The molecule has 3 nitrogen and oxygen atoms in total. The van der Waals surface area contributed by atoms with Crippen LogP contribution in [0.4, 0.5) is 0 Å². The molecule has 0 radical (unpaired) electrons. The van der Waals surface area contributed by atoms with Crippen molar-refractivity contribution >= 4 is 33.9 Å². The van der Waals surface area contributed by atoms with Crippen LogP contribution in [-0.2, 0) is 11.0 Å². The van der Waals surface area contributed by atoms with Gasteiger partial charge in [0.15, 0.2) is 0 Å². The maximum atomic E-state index is 11.1. The van der Waals surface area contributed by atoms with Gasteiger partial charge in [-0.25, -0.2) is 11.6 Å². The van der Waals surface area contributed by atoms with Gasteiger partial charge in [0.2, 0.25) is 0 Å². The first-order valence-electron chi connectivity index (χ1n) is 4.08. The van der Waals surface area contributed by atoms with Gasteiger partial charge in [0.1, 0.15) is 0 Å². The summed E-state index contributed by atoms with van der Waals surface area (Å²) in [6.07, 6.45) is 4.03. The number of hydrogen-bond acceptors (Lipinski definition) is 2. The summed E-state index contributed by atoms with van der Waals surface area (Å²) in [6, 6.07) is 0.672. The Morgan fingerprint density at radius 3 is 2.33 bits per heavy atom. The van der Waals surface area contributed by atoms with Crippen LogP contribution in [0.15, 0.2) is 0 Å². The fraction of sp³-hybridized carbons (Fsp3) is 1.00. The van der Waals surface area contributed by atoms with E-state index in [0.29, 0.717) is 6.04 Å². The highest BCUT2D eigenvalue weighted by atomic mass is 127. The molecule has 1 atom stereocenters. The number of piperidine rings is 1. The van der Waals surface area contributed by atoms with Crippen molar-refractivity contribution in [1.29, 1.82) is 0 Å². The number of hydrogen-bond donors (Lipinski definition) is 0. The van der Waals surface area contributed by atoms with E-state index in [1.807, 2.05) is 4.31 Å². The van der Waals surface area contributed by atoms with E-state index in [0.717, 1.165) is 25.9 Å². The Labute approximate surface area is 90.6 Å². The van der Waals surface area contributed by atoms with Gasteiger partial charge < -0.3 is 0 Å². The van der Waals surface area contributed by atoms with E-state index in [9.17, 15) is 4.21 Å². The lowest BCUT2D eigenvalue weighted by molar-refractivity contribution is 0.268. The molecule has 1 unspecified atom stereocenters. The zero-order chi connectivity index (χ0) is 9.14. The third-order valence-corrected chi connectivity index (χ3v) is 4.17. The Morgan fingerprint density at radius 1 is 1.50 bits per heavy atom. The first kappa shape index (κ1) is 10.9. The lowest BCUT2D eigenvalue weighted by Gasteiger charge is -2.32. The molecule has 12 heavy (non-hydrogen) atoms. The minimum Gasteiger partial charge on any atom is -0.247 e. The first-order valence-corrected chi connectivity index (χ1v) is 6.56. The maximum Gasteiger partial charge on any atom is 0.0910 e. The smallest absolute Gasteiger partial charge is 0.0910 e. The van der Waals surface area contributed by atoms with Crippen LogP contribution < -0.4 is 0 Å². The van der Waals surface area contributed by atoms with Crippen LogP contribution in [-0.4, -0.2) is 44.1 Å². The van der Waals surface area contributed by atoms with Crippen LogP contribution >= 0.6 is 22.9 Å². The minimum absolute atomic E-state index is 0.672. The SMILES string of the molecule is CN(I)C1CCN(S(C)=O)CC1. The van der Waals surface area contributed by atoms with Crippen LogP contribution in [0.2, 0.25) is 0 Å². The third kappa shape index (κ3) is 2.93. The van der Waals surface area contributed by atoms with Gasteiger partial charge in [-0.2, -0.15) is 0 Å². The van der Waals surface area contributed by atoms with E-state index < -0.39 is 11.0 Å². The molecule has 0 aromatic rings. The molecule has 1 fully saturated rings. The number of nitrogens with zero attached hydrogens (tertiary/aromatic N) is 2. The van der Waals surface area contributed by atoms with E-state index in [1.165, 1.54) is 0 Å². The Morgan fingerprint density at radius 2 is 2.00 bits per heavy atom. The van der Waals surface area contributed by atoms with Crippen molar-refractivity contribution in [2.24, 2.45) is 0 Å². The molecule has 0 bridgehead atoms. The molecule has 0 spiro atoms. The molecule has 1 heterocycles. The standard InChI is InChI=1S/C7H15IN2OS/c1-9(8)7-3-5-10(6-4-7)12(2)11/h7H,3-6H2,1-2H3. The summed E-state index contributed by atoms with van der Waals surface area (Å²) >= 11 is 2.33. The fourth-order valence-corrected chi connectivity index (χ4v) is 2.74. The Bertz CT molecular complexity index is 169. The quantitative estimate of drug-likeness (QED) is 0.562. The van der Waals surface area contributed by atoms with Crippen molar-refractivity contribution < 1.29 is 4.21 Å². The second kappa shape index (κ2) is 4.88. The molecule has 0 saturated carbocycles. The summed E-state index contributed by atoms with van der Waals surface area (Å²) in [6.45, 7) is 1.95. The van der Waals surface area contributed by atoms with E-state index in [-0.39, 0.29) is 0 Å². The normalized spacial score (nSPS) is 24.7. The molecule has 5 heteroatoms. The molecule has 0 N–H and O–H groups in total. The van der Waals surface area contributed by atoms with Crippen LogP contribution in [0.1, 0.15) is 12.8 Å². The molecular formula is C7H15IN2OS. The molecule has 0 amide bonds. The molecular weight excluding hydrogens is 287 g/mol. The zero-order valence-corrected chi connectivity index (χ0v) is 10.5. The average Bonchev–Trinajstić information content (AvgIpc) is 2.04. The summed E-state index contributed by atoms with van der Waals surface area (Å²) < 4.78 is 15.4. The van der Waals surface area contributed by atoms with E-state index in [1.54, 1.807) is 6.26 Å². The molecule has 1 aliphatic rings. The predicted molar refractivity (Wildman–Crippen MR) is 60.4 cm³/mol. The molecule has 0 aliphatic carbocycles. The highest BCUT2D eigenvalue weighted by molar-refractivity contribution is 14.1. The van der Waals surface area contributed by atoms with Crippen LogP contribution in [0.25, 0.3) is 0 Å². The highest BCUT2D eigenvalue weighted by Gasteiger charge is 2.22. The molecule has 72 valence electrons. The largest absolute Gasteiger partial charge is 0.247 e. The van der Waals surface area contributed by atoms with Gasteiger partial charge in [-0.3, -0.25) is 0 Å². The molecule has 1 saturated heterocycles. The van der Waals surface area contributed by atoms with Crippen molar-refractivity contribution in [3.05, 3.63) is 0 Å². The van der Waals surface area contributed by atoms with Gasteiger partial charge in [0.25, 0.3) is 0 Å². The van der Waals surface area contributed by atoms with Crippen molar-refractivity contribution in [3.8, 4) is 0 Å². The van der Waals surface area contributed by atoms with Gasteiger partial charge in [-0.1, -0.05) is 0 Å². The van der Waals surface area contributed by atoms with Gasteiger partial charge >= 0.3 is 0 Å². The van der Waals surface area contributed by atoms with Gasteiger partial charge in [0, 0.05) is 48.3 Å². The van der Waals surface area contributed by atoms with Crippen molar-refractivity contribution in [1.82, 2.24) is 7.42 Å². The summed E-state index contributed by atoms with van der Waals surface area (Å²) in [5.74, 6) is 0. The predicted octanol–water partition coefficient (Wildman–Crippen LogP) is 1.03. The second-order valence-corrected chi connectivity index (χ2v) is 5.99. The van der Waals surface area contributed by atoms with E-state index in [2.05, 4.69) is 33.0 Å². The van der Waals surface area contributed by atoms with Crippen molar-refractivity contribution in [3.63, 3.8) is 0 Å². The van der Waals surface area contributed by atoms with E-state index >= 15 is 0 Å². The maximum absolute atomic E-state index is 11.1. The van der Waals surface area contributed by atoms with Gasteiger partial charge in [-0.05, 0) is 19.9 Å². The van der Waals surface area contributed by atoms with E-state index in [4.69, 9.17) is 0 Å². The lowest BCUT2D eigenvalue weighted by Crippen LogP contribution is -2.40. The van der Waals surface area contributed by atoms with Crippen LogP contribution in [0.5, 0.6) is 0 Å². The first-order chi connectivity index (χ1) is 5.61. The monoisotopic (exact) mass is 302 g/mol. The average molecular weight is 302 g/mol. The summed E-state index contributed by atoms with van der Waals surface area (Å²) in [5, 5.41) is 0. The Balaban J connectivity index is 2.34. The van der Waals surface area contributed by atoms with Crippen LogP contribution in [0, 0.1) is 0 Å². The molecule has 1 aliphatic heterocycles. The van der Waals surface area contributed by atoms with Crippen molar-refractivity contribution in [2.75, 3.05) is 26.4 Å². The molecule has 1 rings (SSSR count). The molecule has 0 aromatic carbocycles. The highest BCUT2D eigenvalue weighted by Crippen LogP contribution is 2.18. The summed E-state index contributed by atoms with van der Waals surface area (Å²) in [5.41, 5.74) is 0. The second-order valence-electron chi connectivity index (χ2n) is 3.11. The number of halogens is 1. The lowest BCUT2D eigenvalue weighted by atomic mass is 10.1. The molecule has 0 aromatic heterocycles. The van der Waals surface area contributed by atoms with Crippen LogP contribution in [0.3, 0.4) is 0 Å². The number of rotatable bonds is 2. The topological polar surface area (TPSA) is 23.6 Å². The Hall–Kier alpha value is 0.800. The van der Waals surface area contributed by atoms with Gasteiger partial charge in [-0.15, -0.1) is 0 Å². The fourth-order valence-electron chi connectivity index (χ4n) is 1.46. The third-order valence-electron chi connectivity index (χ3n) is 2.29. The summed E-state index contributed by atoms with van der Waals surface area (Å²) in [7, 11) is 1.33. The minimum atomic E-state index is -0.768. The Kier molecular flexibility index (Phi) is 4.42. The summed E-state index contributed by atoms with van der Waals surface area (Å²) in [4.78, 5) is 0. The zero-order valence-electron chi connectivity index (χ0n) is 7.49. The van der Waals surface area contributed by atoms with Gasteiger partial charge in [0.05, 0.1) is 11.0 Å².